The summed E-state index contributed by atoms with van der Waals surface area (Å²) in [5.41, 5.74) is 1.11. The molecule has 0 amide bonds. The largest absolute Gasteiger partial charge is 0.480 e. The Labute approximate surface area is 116 Å². The third kappa shape index (κ3) is 3.54. The molecular weight excluding hydrogens is 260 g/mol. The van der Waals surface area contributed by atoms with Gasteiger partial charge in [0.15, 0.2) is 5.13 Å². The van der Waals surface area contributed by atoms with E-state index in [1.165, 1.54) is 11.3 Å². The van der Waals surface area contributed by atoms with Gasteiger partial charge in [0.2, 0.25) is 0 Å². The predicted molar refractivity (Wildman–Crippen MR) is 77.7 cm³/mol. The van der Waals surface area contributed by atoms with Crippen LogP contribution in [0.1, 0.15) is 13.3 Å². The summed E-state index contributed by atoms with van der Waals surface area (Å²) in [5.74, 6) is -0.829. The Bertz CT molecular complexity index is 539. The first kappa shape index (κ1) is 13.5. The fraction of sp³-hybridized carbons (Fsp3) is 0.286. The van der Waals surface area contributed by atoms with E-state index < -0.39 is 5.97 Å². The van der Waals surface area contributed by atoms with Crippen LogP contribution in [0.4, 0.5) is 5.13 Å². The van der Waals surface area contributed by atoms with Crippen LogP contribution in [0.15, 0.2) is 36.5 Å². The highest BCUT2D eigenvalue weighted by Crippen LogP contribution is 2.30. The summed E-state index contributed by atoms with van der Waals surface area (Å²) in [6.07, 6.45) is 2.70. The number of aliphatic carboxylic acids is 1. The molecule has 2 aromatic rings. The Morgan fingerprint density at radius 3 is 2.74 bits per heavy atom. The third-order valence-electron chi connectivity index (χ3n) is 2.64. The summed E-state index contributed by atoms with van der Waals surface area (Å²) in [4.78, 5) is 18.1. The minimum atomic E-state index is -0.829. The lowest BCUT2D eigenvalue weighted by atomic mass is 10.2. The molecule has 0 saturated heterocycles. The van der Waals surface area contributed by atoms with Crippen LogP contribution >= 0.6 is 11.3 Å². The lowest BCUT2D eigenvalue weighted by molar-refractivity contribution is -0.135. The average molecular weight is 276 g/mol. The minimum absolute atomic E-state index is 0.00438. The molecule has 1 aromatic heterocycles. The van der Waals surface area contributed by atoms with Gasteiger partial charge in [0.1, 0.15) is 6.54 Å². The minimum Gasteiger partial charge on any atom is -0.480 e. The number of carboxylic acid groups (broad SMARTS) is 1. The number of carboxylic acids is 1. The van der Waals surface area contributed by atoms with Crippen molar-refractivity contribution < 1.29 is 9.90 Å². The molecule has 0 saturated carbocycles. The van der Waals surface area contributed by atoms with E-state index in [4.69, 9.17) is 5.11 Å². The van der Waals surface area contributed by atoms with Crippen molar-refractivity contribution in [2.45, 2.75) is 13.3 Å². The van der Waals surface area contributed by atoms with Gasteiger partial charge < -0.3 is 10.0 Å². The lowest BCUT2D eigenvalue weighted by Crippen LogP contribution is -2.30. The van der Waals surface area contributed by atoms with Gasteiger partial charge in [-0.2, -0.15) is 0 Å². The molecule has 100 valence electrons. The van der Waals surface area contributed by atoms with Crippen molar-refractivity contribution in [2.24, 2.45) is 0 Å². The molecule has 0 spiro atoms. The van der Waals surface area contributed by atoms with E-state index in [2.05, 4.69) is 4.98 Å². The molecule has 0 bridgehead atoms. The molecule has 0 aliphatic rings. The Balaban J connectivity index is 2.21. The van der Waals surface area contributed by atoms with Gasteiger partial charge in [-0.15, -0.1) is 0 Å². The van der Waals surface area contributed by atoms with Crippen LogP contribution in [0.2, 0.25) is 0 Å². The molecule has 2 rings (SSSR count). The summed E-state index contributed by atoms with van der Waals surface area (Å²) < 4.78 is 0. The maximum atomic E-state index is 10.9. The number of hydrogen-bond donors (Lipinski definition) is 1. The van der Waals surface area contributed by atoms with E-state index >= 15 is 0 Å². The first-order valence-corrected chi connectivity index (χ1v) is 7.00. The summed E-state index contributed by atoms with van der Waals surface area (Å²) >= 11 is 1.53. The van der Waals surface area contributed by atoms with Gasteiger partial charge in [0.05, 0.1) is 4.88 Å². The first-order chi connectivity index (χ1) is 9.20. The van der Waals surface area contributed by atoms with Gasteiger partial charge >= 0.3 is 5.97 Å². The molecule has 0 aliphatic heterocycles. The molecule has 0 fully saturated rings. The van der Waals surface area contributed by atoms with Crippen LogP contribution in [0.25, 0.3) is 10.4 Å². The number of thiazole rings is 1. The number of anilines is 1. The van der Waals surface area contributed by atoms with E-state index in [1.54, 1.807) is 11.1 Å². The fourth-order valence-electron chi connectivity index (χ4n) is 1.82. The van der Waals surface area contributed by atoms with E-state index in [0.717, 1.165) is 22.0 Å². The SMILES string of the molecule is CCCN(CC(=O)O)c1ncc(-c2ccccc2)s1. The molecule has 0 radical (unpaired) electrons. The zero-order valence-corrected chi connectivity index (χ0v) is 11.6. The van der Waals surface area contributed by atoms with Crippen molar-refractivity contribution in [1.29, 1.82) is 0 Å². The van der Waals surface area contributed by atoms with Crippen molar-refractivity contribution in [1.82, 2.24) is 4.98 Å². The monoisotopic (exact) mass is 276 g/mol. The van der Waals surface area contributed by atoms with Crippen molar-refractivity contribution >= 4 is 22.4 Å². The van der Waals surface area contributed by atoms with Crippen molar-refractivity contribution in [2.75, 3.05) is 18.0 Å². The number of nitrogens with zero attached hydrogens (tertiary/aromatic N) is 2. The highest BCUT2D eigenvalue weighted by atomic mass is 32.1. The standard InChI is InChI=1S/C14H16N2O2S/c1-2-8-16(10-13(17)18)14-15-9-12(19-14)11-6-4-3-5-7-11/h3-7,9H,2,8,10H2,1H3,(H,17,18). The molecule has 1 heterocycles. The molecule has 0 aliphatic carbocycles. The number of carbonyl (C=O) groups is 1. The van der Waals surface area contributed by atoms with Crippen LogP contribution in [0.5, 0.6) is 0 Å². The molecule has 0 unspecified atom stereocenters. The fourth-order valence-corrected chi connectivity index (χ4v) is 2.77. The van der Waals surface area contributed by atoms with Crippen molar-refractivity contribution in [3.8, 4) is 10.4 Å². The molecular formula is C14H16N2O2S. The molecule has 19 heavy (non-hydrogen) atoms. The number of hydrogen-bond acceptors (Lipinski definition) is 4. The van der Waals surface area contributed by atoms with Gasteiger partial charge in [-0.3, -0.25) is 4.79 Å². The van der Waals surface area contributed by atoms with Crippen LogP contribution in [0, 0.1) is 0 Å². The Morgan fingerprint density at radius 2 is 2.11 bits per heavy atom. The van der Waals surface area contributed by atoms with Crippen molar-refractivity contribution in [3.05, 3.63) is 36.5 Å². The number of benzene rings is 1. The van der Waals surface area contributed by atoms with Crippen molar-refractivity contribution in [3.63, 3.8) is 0 Å². The van der Waals surface area contributed by atoms with Gasteiger partial charge in [-0.25, -0.2) is 4.98 Å². The quantitative estimate of drug-likeness (QED) is 0.880. The maximum Gasteiger partial charge on any atom is 0.323 e. The van der Waals surface area contributed by atoms with Gasteiger partial charge in [0.25, 0.3) is 0 Å². The summed E-state index contributed by atoms with van der Waals surface area (Å²) in [5, 5.41) is 9.70. The predicted octanol–water partition coefficient (Wildman–Crippen LogP) is 3.11. The van der Waals surface area contributed by atoms with E-state index in [1.807, 2.05) is 37.3 Å². The van der Waals surface area contributed by atoms with Gasteiger partial charge in [-0.05, 0) is 12.0 Å². The lowest BCUT2D eigenvalue weighted by Gasteiger charge is -2.18. The van der Waals surface area contributed by atoms with E-state index in [-0.39, 0.29) is 6.54 Å². The van der Waals surface area contributed by atoms with Crippen LogP contribution in [-0.2, 0) is 4.79 Å². The second kappa shape index (κ2) is 6.33. The summed E-state index contributed by atoms with van der Waals surface area (Å²) in [6, 6.07) is 9.99. The Morgan fingerprint density at radius 1 is 1.37 bits per heavy atom. The van der Waals surface area contributed by atoms with Gasteiger partial charge in [0, 0.05) is 12.7 Å². The number of aromatic nitrogens is 1. The van der Waals surface area contributed by atoms with Crippen LogP contribution in [0.3, 0.4) is 0 Å². The third-order valence-corrected chi connectivity index (χ3v) is 3.75. The van der Waals surface area contributed by atoms with Crippen LogP contribution < -0.4 is 4.90 Å². The average Bonchev–Trinajstić information content (AvgIpc) is 2.88. The maximum absolute atomic E-state index is 10.9. The molecule has 0 atom stereocenters. The molecule has 5 heteroatoms. The Kier molecular flexibility index (Phi) is 4.52. The zero-order chi connectivity index (χ0) is 13.7. The first-order valence-electron chi connectivity index (χ1n) is 6.18. The Hall–Kier alpha value is -1.88. The zero-order valence-electron chi connectivity index (χ0n) is 10.7. The molecule has 4 nitrogen and oxygen atoms in total. The second-order valence-corrected chi connectivity index (χ2v) is 5.20. The van der Waals surface area contributed by atoms with Gasteiger partial charge in [-0.1, -0.05) is 48.6 Å². The molecule has 1 aromatic carbocycles. The van der Waals surface area contributed by atoms with E-state index in [0.29, 0.717) is 6.54 Å². The van der Waals surface area contributed by atoms with Crippen LogP contribution in [-0.4, -0.2) is 29.1 Å². The summed E-state index contributed by atoms with van der Waals surface area (Å²) in [6.45, 7) is 2.73. The van der Waals surface area contributed by atoms with E-state index in [9.17, 15) is 4.79 Å². The molecule has 1 N–H and O–H groups in total. The smallest absolute Gasteiger partial charge is 0.323 e. The normalized spacial score (nSPS) is 10.4. The highest BCUT2D eigenvalue weighted by Gasteiger charge is 2.14. The second-order valence-electron chi connectivity index (χ2n) is 4.19. The topological polar surface area (TPSA) is 53.4 Å². The summed E-state index contributed by atoms with van der Waals surface area (Å²) in [7, 11) is 0. The number of rotatable bonds is 6. The highest BCUT2D eigenvalue weighted by molar-refractivity contribution is 7.18.